The third kappa shape index (κ3) is 6.47. The fourth-order valence-electron chi connectivity index (χ4n) is 1.17. The number of hydrogen-bond donors (Lipinski definition) is 1. The molecule has 17 heavy (non-hydrogen) atoms. The van der Waals surface area contributed by atoms with E-state index in [1.807, 2.05) is 20.8 Å². The topological polar surface area (TPSA) is 38.3 Å². The number of carbonyl (C=O) groups excluding carboxylic acids is 1. The molecule has 0 spiro atoms. The lowest BCUT2D eigenvalue weighted by molar-refractivity contribution is -0.121. The number of methoxy groups -OCH3 is 1. The predicted octanol–water partition coefficient (Wildman–Crippen LogP) is 2.77. The average Bonchev–Trinajstić information content (AvgIpc) is 2.13. The highest BCUT2D eigenvalue weighted by molar-refractivity contribution is 5.94. The molecule has 0 aliphatic rings. The summed E-state index contributed by atoms with van der Waals surface area (Å²) < 4.78 is 5.00. The van der Waals surface area contributed by atoms with E-state index in [1.54, 1.807) is 13.2 Å². The molecule has 0 bridgehead atoms. The fourth-order valence-corrected chi connectivity index (χ4v) is 1.17. The van der Waals surface area contributed by atoms with Crippen LogP contribution in [0.4, 0.5) is 0 Å². The second-order valence-electron chi connectivity index (χ2n) is 6.34. The summed E-state index contributed by atoms with van der Waals surface area (Å²) in [6.45, 7) is 13.4. The Morgan fingerprint density at radius 2 is 1.65 bits per heavy atom. The van der Waals surface area contributed by atoms with Gasteiger partial charge < -0.3 is 10.1 Å². The molecular weight excluding hydrogens is 214 g/mol. The van der Waals surface area contributed by atoms with E-state index in [4.69, 9.17) is 4.74 Å². The molecule has 0 aliphatic heterocycles. The zero-order valence-corrected chi connectivity index (χ0v) is 12.3. The van der Waals surface area contributed by atoms with Gasteiger partial charge in [0.05, 0.1) is 6.61 Å². The summed E-state index contributed by atoms with van der Waals surface area (Å²) in [5.41, 5.74) is 0.572. The van der Waals surface area contributed by atoms with Crippen molar-refractivity contribution in [1.82, 2.24) is 5.32 Å². The zero-order valence-electron chi connectivity index (χ0n) is 12.3. The molecule has 0 atom stereocenters. The standard InChI is InChI=1S/C14H27NO2/c1-13(2,3)11(15-8-9-17-7)10-12(16)14(4,5)6/h10,15H,8-9H2,1-7H3. The molecule has 0 saturated carbocycles. The van der Waals surface area contributed by atoms with Crippen LogP contribution < -0.4 is 5.32 Å². The van der Waals surface area contributed by atoms with Gasteiger partial charge in [-0.15, -0.1) is 0 Å². The predicted molar refractivity (Wildman–Crippen MR) is 71.9 cm³/mol. The van der Waals surface area contributed by atoms with E-state index >= 15 is 0 Å². The summed E-state index contributed by atoms with van der Waals surface area (Å²) in [7, 11) is 1.67. The average molecular weight is 241 g/mol. The third-order valence-electron chi connectivity index (χ3n) is 2.44. The Hall–Kier alpha value is -0.830. The molecule has 0 aromatic heterocycles. The highest BCUT2D eigenvalue weighted by Crippen LogP contribution is 2.25. The highest BCUT2D eigenvalue weighted by atomic mass is 16.5. The minimum atomic E-state index is -0.334. The maximum absolute atomic E-state index is 12.0. The first-order valence-corrected chi connectivity index (χ1v) is 6.08. The molecule has 0 saturated heterocycles. The van der Waals surface area contributed by atoms with Gasteiger partial charge in [0.25, 0.3) is 0 Å². The quantitative estimate of drug-likeness (QED) is 0.594. The molecule has 3 heteroatoms. The molecule has 0 aromatic rings. The lowest BCUT2D eigenvalue weighted by Gasteiger charge is -2.26. The van der Waals surface area contributed by atoms with Crippen molar-refractivity contribution in [3.8, 4) is 0 Å². The zero-order chi connectivity index (χ0) is 13.7. The summed E-state index contributed by atoms with van der Waals surface area (Å²) in [5, 5.41) is 3.28. The molecule has 3 nitrogen and oxygen atoms in total. The first kappa shape index (κ1) is 16.2. The molecule has 0 radical (unpaired) electrons. The van der Waals surface area contributed by atoms with Crippen molar-refractivity contribution in [1.29, 1.82) is 0 Å². The van der Waals surface area contributed by atoms with E-state index in [1.165, 1.54) is 0 Å². The molecule has 0 amide bonds. The van der Waals surface area contributed by atoms with Gasteiger partial charge in [-0.2, -0.15) is 0 Å². The van der Waals surface area contributed by atoms with Gasteiger partial charge in [-0.25, -0.2) is 0 Å². The van der Waals surface area contributed by atoms with Crippen molar-refractivity contribution in [2.75, 3.05) is 20.3 Å². The molecule has 0 aromatic carbocycles. The number of hydrogen-bond acceptors (Lipinski definition) is 3. The van der Waals surface area contributed by atoms with Crippen molar-refractivity contribution in [2.45, 2.75) is 41.5 Å². The van der Waals surface area contributed by atoms with Crippen LogP contribution in [0.15, 0.2) is 11.8 Å². The van der Waals surface area contributed by atoms with Crippen LogP contribution in [0.1, 0.15) is 41.5 Å². The minimum Gasteiger partial charge on any atom is -0.385 e. The second-order valence-corrected chi connectivity index (χ2v) is 6.34. The van der Waals surface area contributed by atoms with Crippen LogP contribution >= 0.6 is 0 Å². The van der Waals surface area contributed by atoms with E-state index in [0.717, 1.165) is 12.2 Å². The van der Waals surface area contributed by atoms with Crippen LogP contribution in [0.3, 0.4) is 0 Å². The maximum atomic E-state index is 12.0. The Morgan fingerprint density at radius 1 is 1.12 bits per heavy atom. The Kier molecular flexibility index (Phi) is 5.89. The van der Waals surface area contributed by atoms with E-state index in [-0.39, 0.29) is 16.6 Å². The molecule has 100 valence electrons. The molecule has 0 unspecified atom stereocenters. The summed E-state index contributed by atoms with van der Waals surface area (Å²) in [4.78, 5) is 12.0. The maximum Gasteiger partial charge on any atom is 0.162 e. The van der Waals surface area contributed by atoms with E-state index < -0.39 is 0 Å². The summed E-state index contributed by atoms with van der Waals surface area (Å²) in [5.74, 6) is 0.146. The molecule has 0 aliphatic carbocycles. The van der Waals surface area contributed by atoms with Crippen molar-refractivity contribution in [3.63, 3.8) is 0 Å². The first-order chi connectivity index (χ1) is 7.59. The van der Waals surface area contributed by atoms with Gasteiger partial charge in [0.2, 0.25) is 0 Å². The summed E-state index contributed by atoms with van der Waals surface area (Å²) in [6, 6.07) is 0. The third-order valence-corrected chi connectivity index (χ3v) is 2.44. The summed E-state index contributed by atoms with van der Waals surface area (Å²) in [6.07, 6.45) is 1.73. The van der Waals surface area contributed by atoms with Crippen LogP contribution in [-0.2, 0) is 9.53 Å². The van der Waals surface area contributed by atoms with Gasteiger partial charge in [-0.1, -0.05) is 41.5 Å². The van der Waals surface area contributed by atoms with Crippen molar-refractivity contribution in [3.05, 3.63) is 11.8 Å². The minimum absolute atomic E-state index is 0.0609. The van der Waals surface area contributed by atoms with Crippen LogP contribution in [0.25, 0.3) is 0 Å². The fraction of sp³-hybridized carbons (Fsp3) is 0.786. The molecular formula is C14H27NO2. The highest BCUT2D eigenvalue weighted by Gasteiger charge is 2.23. The number of ketones is 1. The van der Waals surface area contributed by atoms with Crippen LogP contribution in [-0.4, -0.2) is 26.0 Å². The lowest BCUT2D eigenvalue weighted by atomic mass is 9.85. The number of ether oxygens (including phenoxy) is 1. The van der Waals surface area contributed by atoms with Gasteiger partial charge in [0.15, 0.2) is 5.78 Å². The van der Waals surface area contributed by atoms with Gasteiger partial charge >= 0.3 is 0 Å². The van der Waals surface area contributed by atoms with E-state index in [2.05, 4.69) is 26.1 Å². The molecule has 0 rings (SSSR count). The Labute approximate surface area is 106 Å². The number of nitrogens with one attached hydrogen (secondary N) is 1. The van der Waals surface area contributed by atoms with Gasteiger partial charge in [-0.05, 0) is 0 Å². The smallest absolute Gasteiger partial charge is 0.162 e. The van der Waals surface area contributed by atoms with Crippen molar-refractivity contribution in [2.24, 2.45) is 10.8 Å². The van der Waals surface area contributed by atoms with Gasteiger partial charge in [-0.3, -0.25) is 4.79 Å². The summed E-state index contributed by atoms with van der Waals surface area (Å²) >= 11 is 0. The van der Waals surface area contributed by atoms with Gasteiger partial charge in [0.1, 0.15) is 0 Å². The number of rotatable bonds is 5. The Balaban J connectivity index is 4.81. The second kappa shape index (κ2) is 6.20. The molecule has 1 N–H and O–H groups in total. The van der Waals surface area contributed by atoms with E-state index in [9.17, 15) is 4.79 Å². The SMILES string of the molecule is COCCNC(=CC(=O)C(C)(C)C)C(C)(C)C. The van der Waals surface area contributed by atoms with E-state index in [0.29, 0.717) is 6.61 Å². The van der Waals surface area contributed by atoms with Crippen molar-refractivity contribution >= 4 is 5.78 Å². The number of carbonyl (C=O) groups is 1. The Morgan fingerprint density at radius 3 is 2.00 bits per heavy atom. The van der Waals surface area contributed by atoms with Crippen LogP contribution in [0.5, 0.6) is 0 Å². The van der Waals surface area contributed by atoms with Gasteiger partial charge in [0, 0.05) is 36.3 Å². The normalized spacial score (nSPS) is 13.7. The number of allylic oxidation sites excluding steroid dienone is 2. The Bertz CT molecular complexity index is 280. The monoisotopic (exact) mass is 241 g/mol. The largest absolute Gasteiger partial charge is 0.385 e. The first-order valence-electron chi connectivity index (χ1n) is 6.08. The molecule has 0 fully saturated rings. The van der Waals surface area contributed by atoms with Crippen LogP contribution in [0, 0.1) is 10.8 Å². The van der Waals surface area contributed by atoms with Crippen molar-refractivity contribution < 1.29 is 9.53 Å². The lowest BCUT2D eigenvalue weighted by Crippen LogP contribution is -2.30. The van der Waals surface area contributed by atoms with Crippen LogP contribution in [0.2, 0.25) is 0 Å². The molecule has 0 heterocycles.